The Kier molecular flexibility index (Phi) is 17.7. The van der Waals surface area contributed by atoms with Crippen molar-refractivity contribution in [3.8, 4) is 142 Å². The molecule has 0 saturated heterocycles. The summed E-state index contributed by atoms with van der Waals surface area (Å²) in [6.07, 6.45) is 20.9. The molecular weight excluding hydrogens is 1530 g/mol. The van der Waals surface area contributed by atoms with Gasteiger partial charge in [-0.3, -0.25) is 29.9 Å². The molecule has 0 unspecified atom stereocenters. The summed E-state index contributed by atoms with van der Waals surface area (Å²) >= 11 is 0. The highest BCUT2D eigenvalue weighted by Gasteiger charge is 2.23. The van der Waals surface area contributed by atoms with Gasteiger partial charge in [0.05, 0.1) is 33.1 Å². The summed E-state index contributed by atoms with van der Waals surface area (Å²) in [5.41, 5.74) is 24.7. The van der Waals surface area contributed by atoms with Crippen LogP contribution in [0.3, 0.4) is 0 Å². The monoisotopic (exact) mass is 1590 g/mol. The van der Waals surface area contributed by atoms with Crippen LogP contribution < -0.4 is 0 Å². The van der Waals surface area contributed by atoms with Crippen LogP contribution in [0.4, 0.5) is 0 Å². The average Bonchev–Trinajstić information content (AvgIpc) is 1.59. The zero-order chi connectivity index (χ0) is 82.0. The number of para-hydroxylation sites is 4. The molecule has 580 valence electrons. The van der Waals surface area contributed by atoms with Gasteiger partial charge in [-0.05, 0) is 241 Å². The number of benzene rings is 11. The van der Waals surface area contributed by atoms with E-state index >= 15 is 0 Å². The van der Waals surface area contributed by atoms with Crippen LogP contribution in [0.2, 0.25) is 0 Å². The summed E-state index contributed by atoms with van der Waals surface area (Å²) < 4.78 is 7.00. The van der Waals surface area contributed by atoms with Gasteiger partial charge in [-0.15, -0.1) is 0 Å². The first-order valence-corrected chi connectivity index (χ1v) is 40.6. The van der Waals surface area contributed by atoms with E-state index in [4.69, 9.17) is 44.9 Å². The molecule has 13 aromatic heterocycles. The van der Waals surface area contributed by atoms with Crippen LogP contribution in [0.1, 0.15) is 0 Å². The zero-order valence-electron chi connectivity index (χ0n) is 66.0. The molecule has 1 N–H and O–H groups in total. The van der Waals surface area contributed by atoms with E-state index in [1.807, 2.05) is 72.8 Å². The SMILES string of the molecule is c1ccc2c(c1)[nH]c1ccc(-c3ccc4c(c3)c3ccccc3n4-c3ccc(-c4nc(-c5ccncc5)nc(-c5ccncc5)n4)cc3)cc12.c1ccc2c(c1)c1cc(-c3ccc4c(c3)c3ccccc3n4-c3ccc(-c4nc(-c5ccncc5)nc(-c5ccncc5)n4)cc3)ccc1n2-c1ccc(-c2nc(-c3ccncc3)nc(-c3ccncc3)n2)cc1. The minimum atomic E-state index is 0.577. The largest absolute Gasteiger partial charge is 0.355 e. The van der Waals surface area contributed by atoms with Gasteiger partial charge in [0.1, 0.15) is 0 Å². The number of hydrogen-bond donors (Lipinski definition) is 1. The van der Waals surface area contributed by atoms with E-state index in [0.29, 0.717) is 52.4 Å². The number of aromatic nitrogens is 19. The van der Waals surface area contributed by atoms with E-state index in [1.165, 1.54) is 54.2 Å². The Morgan fingerprint density at radius 2 is 0.355 bits per heavy atom. The molecule has 24 aromatic rings. The molecule has 0 bridgehead atoms. The third-order valence-electron chi connectivity index (χ3n) is 22.9. The van der Waals surface area contributed by atoms with Crippen LogP contribution in [0, 0.1) is 0 Å². The number of H-pyrrole nitrogens is 1. The second-order valence-corrected chi connectivity index (χ2v) is 30.2. The molecule has 0 atom stereocenters. The Balaban J connectivity index is 0.000000154. The maximum atomic E-state index is 4.93. The predicted octanol–water partition coefficient (Wildman–Crippen LogP) is 23.6. The molecule has 0 aliphatic carbocycles. The number of pyridine rings is 6. The lowest BCUT2D eigenvalue weighted by atomic mass is 10.0. The number of nitrogens with zero attached hydrogens (tertiary/aromatic N) is 18. The summed E-state index contributed by atoms with van der Waals surface area (Å²) in [5.74, 6) is 5.26. The fraction of sp³-hybridized carbons (Fsp3) is 0. The highest BCUT2D eigenvalue weighted by molar-refractivity contribution is 6.14. The van der Waals surface area contributed by atoms with Gasteiger partial charge in [0.15, 0.2) is 52.4 Å². The second-order valence-electron chi connectivity index (χ2n) is 30.2. The van der Waals surface area contributed by atoms with Crippen molar-refractivity contribution in [3.05, 3.63) is 390 Å². The van der Waals surface area contributed by atoms with Crippen LogP contribution in [0.25, 0.3) is 229 Å². The van der Waals surface area contributed by atoms with Gasteiger partial charge < -0.3 is 18.7 Å². The minimum Gasteiger partial charge on any atom is -0.355 e. The molecule has 124 heavy (non-hydrogen) atoms. The molecule has 0 radical (unpaired) electrons. The molecular formula is C105H65N19. The number of nitrogens with one attached hydrogen (secondary N) is 1. The lowest BCUT2D eigenvalue weighted by Gasteiger charge is -2.11. The van der Waals surface area contributed by atoms with Gasteiger partial charge in [0, 0.05) is 196 Å². The van der Waals surface area contributed by atoms with Crippen molar-refractivity contribution in [2.75, 3.05) is 0 Å². The van der Waals surface area contributed by atoms with Crippen LogP contribution in [0.5, 0.6) is 0 Å². The minimum absolute atomic E-state index is 0.577. The third-order valence-corrected chi connectivity index (χ3v) is 22.9. The first-order chi connectivity index (χ1) is 61.4. The maximum Gasteiger partial charge on any atom is 0.164 e. The van der Waals surface area contributed by atoms with Crippen molar-refractivity contribution in [1.82, 2.24) is 93.4 Å². The van der Waals surface area contributed by atoms with E-state index in [2.05, 4.69) is 291 Å². The molecule has 11 aromatic carbocycles. The van der Waals surface area contributed by atoms with Gasteiger partial charge in [-0.25, -0.2) is 44.9 Å². The fourth-order valence-electron chi connectivity index (χ4n) is 16.9. The van der Waals surface area contributed by atoms with Crippen molar-refractivity contribution in [2.24, 2.45) is 0 Å². The highest BCUT2D eigenvalue weighted by Crippen LogP contribution is 2.42. The Morgan fingerprint density at radius 1 is 0.153 bits per heavy atom. The lowest BCUT2D eigenvalue weighted by molar-refractivity contribution is 1.07. The van der Waals surface area contributed by atoms with E-state index in [1.54, 1.807) is 74.4 Å². The summed E-state index contributed by atoms with van der Waals surface area (Å²) in [7, 11) is 0. The molecule has 0 saturated carbocycles. The zero-order valence-corrected chi connectivity index (χ0v) is 66.0. The third kappa shape index (κ3) is 13.1. The van der Waals surface area contributed by atoms with E-state index in [0.717, 1.165) is 122 Å². The number of hydrogen-bond acceptors (Lipinski definition) is 15. The first-order valence-electron chi connectivity index (χ1n) is 40.6. The van der Waals surface area contributed by atoms with Crippen molar-refractivity contribution < 1.29 is 0 Å². The summed E-state index contributed by atoms with van der Waals surface area (Å²) in [4.78, 5) is 72.6. The summed E-state index contributed by atoms with van der Waals surface area (Å²) in [6, 6.07) is 110. The molecule has 0 aliphatic heterocycles. The first kappa shape index (κ1) is 71.8. The molecule has 0 amide bonds. The summed E-state index contributed by atoms with van der Waals surface area (Å²) in [5, 5.41) is 9.59. The molecule has 0 aliphatic rings. The normalized spacial score (nSPS) is 11.5. The molecule has 0 spiro atoms. The van der Waals surface area contributed by atoms with Gasteiger partial charge in [-0.2, -0.15) is 0 Å². The van der Waals surface area contributed by atoms with E-state index < -0.39 is 0 Å². The topological polar surface area (TPSA) is 224 Å². The van der Waals surface area contributed by atoms with Gasteiger partial charge >= 0.3 is 0 Å². The molecule has 19 heteroatoms. The average molecular weight is 1590 g/mol. The Morgan fingerprint density at radius 3 is 0.629 bits per heavy atom. The Bertz CT molecular complexity index is 7730. The standard InChI is InChI=1S/C62H38N12.C43H27N7/c1-3-7-53-49(5-1)51-37-45(13-19-55(51)73(53)47-15-9-39(10-16-47)57-67-59(41-21-29-63-30-22-41)71-60(68-57)42-23-31-64-32-24-42)46-14-20-56-52(38-46)50-6-2-4-8-54(50)74(56)48-17-11-40(12-18-48)58-69-61(43-25-33-65-34-26-43)72-62(70-58)44-27-35-66-36-28-44;1-3-7-37-33(5-1)35-25-30(11-15-38(35)46-37)31-12-16-40-36(26-31)34-6-2-4-8-39(34)50(40)32-13-9-27(10-14-32)41-47-42(28-17-21-44-22-18-28)49-43(48-41)29-19-23-45-24-20-29/h1-38H;1-26,46H. The Hall–Kier alpha value is -17.5. The number of aromatic amines is 1. The second kappa shape index (κ2) is 30.5. The van der Waals surface area contributed by atoms with E-state index in [9.17, 15) is 0 Å². The summed E-state index contributed by atoms with van der Waals surface area (Å²) in [6.45, 7) is 0. The van der Waals surface area contributed by atoms with Crippen LogP contribution in [0.15, 0.2) is 390 Å². The van der Waals surface area contributed by atoms with Gasteiger partial charge in [-0.1, -0.05) is 97.1 Å². The molecule has 19 nitrogen and oxygen atoms in total. The highest BCUT2D eigenvalue weighted by atomic mass is 15.1. The predicted molar refractivity (Wildman–Crippen MR) is 492 cm³/mol. The smallest absolute Gasteiger partial charge is 0.164 e. The number of fused-ring (bicyclic) bond motifs is 12. The molecule has 24 rings (SSSR count). The Labute approximate surface area is 708 Å². The van der Waals surface area contributed by atoms with Gasteiger partial charge in [0.25, 0.3) is 0 Å². The lowest BCUT2D eigenvalue weighted by Crippen LogP contribution is -2.00. The van der Waals surface area contributed by atoms with Crippen LogP contribution in [-0.2, 0) is 0 Å². The van der Waals surface area contributed by atoms with E-state index in [-0.39, 0.29) is 0 Å². The van der Waals surface area contributed by atoms with Gasteiger partial charge in [0.2, 0.25) is 0 Å². The van der Waals surface area contributed by atoms with Crippen molar-refractivity contribution in [2.45, 2.75) is 0 Å². The molecule has 13 heterocycles. The van der Waals surface area contributed by atoms with Crippen LogP contribution in [-0.4, -0.2) is 93.4 Å². The van der Waals surface area contributed by atoms with Crippen molar-refractivity contribution >= 4 is 87.2 Å². The van der Waals surface area contributed by atoms with Crippen molar-refractivity contribution in [1.29, 1.82) is 0 Å². The fourth-order valence-corrected chi connectivity index (χ4v) is 16.9. The quantitative estimate of drug-likeness (QED) is 0.107. The van der Waals surface area contributed by atoms with Crippen molar-refractivity contribution in [3.63, 3.8) is 0 Å². The maximum absolute atomic E-state index is 4.93. The molecule has 0 fully saturated rings. The number of rotatable bonds is 14. The van der Waals surface area contributed by atoms with Crippen LogP contribution >= 0.6 is 0 Å².